The monoisotopic (exact) mass is 416 g/mol. The Morgan fingerprint density at radius 2 is 2.00 bits per heavy atom. The summed E-state index contributed by atoms with van der Waals surface area (Å²) in [5, 5.41) is 2.70. The molecular formula is C17H21ClN2O6S. The van der Waals surface area contributed by atoms with Crippen molar-refractivity contribution >= 4 is 39.2 Å². The second-order valence-electron chi connectivity index (χ2n) is 6.34. The summed E-state index contributed by atoms with van der Waals surface area (Å²) in [5.74, 6) is -1.87. The van der Waals surface area contributed by atoms with Crippen molar-refractivity contribution in [3.63, 3.8) is 0 Å². The van der Waals surface area contributed by atoms with Crippen LogP contribution in [0, 0.1) is 0 Å². The van der Waals surface area contributed by atoms with Crippen LogP contribution in [-0.2, 0) is 24.2 Å². The molecule has 1 aliphatic rings. The zero-order chi connectivity index (χ0) is 20.2. The summed E-state index contributed by atoms with van der Waals surface area (Å²) < 4.78 is 27.9. The first kappa shape index (κ1) is 21.2. The maximum absolute atomic E-state index is 12.1. The summed E-state index contributed by atoms with van der Waals surface area (Å²) in [6, 6.07) is 4.98. The minimum Gasteiger partial charge on any atom is -0.454 e. The fraction of sp³-hybridized carbons (Fsp3) is 0.471. The van der Waals surface area contributed by atoms with E-state index in [9.17, 15) is 22.8 Å². The number of nitrogens with zero attached hydrogens (tertiary/aromatic N) is 1. The van der Waals surface area contributed by atoms with Crippen molar-refractivity contribution < 1.29 is 27.5 Å². The first-order valence-electron chi connectivity index (χ1n) is 8.29. The molecule has 0 aromatic heterocycles. The summed E-state index contributed by atoms with van der Waals surface area (Å²) in [6.07, 6.45) is 0.364. The van der Waals surface area contributed by atoms with Crippen LogP contribution in [0.25, 0.3) is 0 Å². The van der Waals surface area contributed by atoms with Crippen LogP contribution in [0.3, 0.4) is 0 Å². The molecule has 0 saturated carbocycles. The fourth-order valence-corrected chi connectivity index (χ4v) is 4.62. The number of amides is 2. The van der Waals surface area contributed by atoms with E-state index in [1.807, 2.05) is 0 Å². The van der Waals surface area contributed by atoms with Gasteiger partial charge in [-0.1, -0.05) is 23.7 Å². The first-order chi connectivity index (χ1) is 12.6. The molecule has 2 amide bonds. The Morgan fingerprint density at radius 3 is 2.59 bits per heavy atom. The topological polar surface area (TPSA) is 110 Å². The van der Waals surface area contributed by atoms with E-state index in [0.717, 1.165) is 0 Å². The van der Waals surface area contributed by atoms with Gasteiger partial charge in [0, 0.05) is 13.1 Å². The van der Waals surface area contributed by atoms with Crippen molar-refractivity contribution in [2.45, 2.75) is 25.4 Å². The Balaban J connectivity index is 1.83. The van der Waals surface area contributed by atoms with E-state index in [4.69, 9.17) is 16.3 Å². The Hall–Kier alpha value is -2.13. The minimum absolute atomic E-state index is 0.0419. The number of rotatable bonds is 6. The predicted molar refractivity (Wildman–Crippen MR) is 99.2 cm³/mol. The number of carbonyl (C=O) groups is 3. The highest BCUT2D eigenvalue weighted by atomic mass is 35.5. The predicted octanol–water partition coefficient (Wildman–Crippen LogP) is 0.647. The molecule has 2 rings (SSSR count). The average molecular weight is 417 g/mol. The van der Waals surface area contributed by atoms with Gasteiger partial charge in [0.1, 0.15) is 6.04 Å². The lowest BCUT2D eigenvalue weighted by molar-refractivity contribution is -0.153. The number of ether oxygens (including phenoxy) is 1. The van der Waals surface area contributed by atoms with Gasteiger partial charge in [-0.25, -0.2) is 13.2 Å². The molecule has 148 valence electrons. The number of hydrogen-bond acceptors (Lipinski definition) is 6. The first-order valence-corrected chi connectivity index (χ1v) is 10.5. The zero-order valence-corrected chi connectivity index (χ0v) is 16.5. The molecule has 8 nitrogen and oxygen atoms in total. The summed E-state index contributed by atoms with van der Waals surface area (Å²) in [7, 11) is -1.65. The molecule has 2 atom stereocenters. The van der Waals surface area contributed by atoms with Crippen LogP contribution in [0.2, 0.25) is 5.02 Å². The van der Waals surface area contributed by atoms with Gasteiger partial charge in [-0.15, -0.1) is 0 Å². The average Bonchev–Trinajstić information content (AvgIpc) is 2.98. The SMILES string of the molecule is C[C@H](NC(=O)c1ccccc1Cl)C(=O)OCC(=O)N(C)[C@@H]1CCS(=O)(=O)C1. The van der Waals surface area contributed by atoms with Crippen LogP contribution < -0.4 is 5.32 Å². The molecule has 1 N–H and O–H groups in total. The number of benzene rings is 1. The van der Waals surface area contributed by atoms with E-state index in [-0.39, 0.29) is 22.1 Å². The number of sulfone groups is 1. The Morgan fingerprint density at radius 1 is 1.33 bits per heavy atom. The van der Waals surface area contributed by atoms with Gasteiger partial charge in [0.25, 0.3) is 11.8 Å². The number of carbonyl (C=O) groups excluding carboxylic acids is 3. The summed E-state index contributed by atoms with van der Waals surface area (Å²) in [5.41, 5.74) is 0.220. The number of halogens is 1. The second-order valence-corrected chi connectivity index (χ2v) is 8.98. The lowest BCUT2D eigenvalue weighted by Gasteiger charge is -2.23. The number of hydrogen-bond donors (Lipinski definition) is 1. The Labute approximate surface area is 162 Å². The van der Waals surface area contributed by atoms with Crippen molar-refractivity contribution in [1.82, 2.24) is 10.2 Å². The van der Waals surface area contributed by atoms with Crippen LogP contribution in [0.15, 0.2) is 24.3 Å². The van der Waals surface area contributed by atoms with Gasteiger partial charge in [-0.3, -0.25) is 9.59 Å². The van der Waals surface area contributed by atoms with E-state index in [1.54, 1.807) is 18.2 Å². The summed E-state index contributed by atoms with van der Waals surface area (Å²) in [6.45, 7) is 0.896. The molecule has 1 aliphatic heterocycles. The Bertz CT molecular complexity index is 842. The van der Waals surface area contributed by atoms with Gasteiger partial charge in [-0.05, 0) is 25.5 Å². The lowest BCUT2D eigenvalue weighted by atomic mass is 10.2. The third-order valence-electron chi connectivity index (χ3n) is 4.31. The standard InChI is InChI=1S/C17H21ClN2O6S/c1-11(19-16(22)13-5-3-4-6-14(13)18)17(23)26-9-15(21)20(2)12-7-8-27(24,25)10-12/h3-6,11-12H,7-10H2,1-2H3,(H,19,22)/t11-,12+/m0/s1. The Kier molecular flexibility index (Phi) is 6.83. The third-order valence-corrected chi connectivity index (χ3v) is 6.39. The molecule has 10 heteroatoms. The quantitative estimate of drug-likeness (QED) is 0.682. The zero-order valence-electron chi connectivity index (χ0n) is 15.0. The molecule has 0 aliphatic carbocycles. The van der Waals surface area contributed by atoms with Crippen LogP contribution in [0.5, 0.6) is 0 Å². The normalized spacial score (nSPS) is 19.1. The largest absolute Gasteiger partial charge is 0.454 e. The van der Waals surface area contributed by atoms with Crippen LogP contribution in [0.1, 0.15) is 23.7 Å². The van der Waals surface area contributed by atoms with Crippen molar-refractivity contribution in [2.75, 3.05) is 25.2 Å². The van der Waals surface area contributed by atoms with E-state index in [2.05, 4.69) is 5.32 Å². The van der Waals surface area contributed by atoms with Gasteiger partial charge >= 0.3 is 5.97 Å². The van der Waals surface area contributed by atoms with Gasteiger partial charge < -0.3 is 15.0 Å². The molecule has 1 saturated heterocycles. The highest BCUT2D eigenvalue weighted by Gasteiger charge is 2.33. The fourth-order valence-electron chi connectivity index (χ4n) is 2.62. The van der Waals surface area contributed by atoms with Crippen molar-refractivity contribution in [2.24, 2.45) is 0 Å². The van der Waals surface area contributed by atoms with Crippen LogP contribution >= 0.6 is 11.6 Å². The lowest BCUT2D eigenvalue weighted by Crippen LogP contribution is -2.43. The minimum atomic E-state index is -3.12. The maximum atomic E-state index is 12.1. The molecule has 0 radical (unpaired) electrons. The number of nitrogens with one attached hydrogen (secondary N) is 1. The third kappa shape index (κ3) is 5.67. The molecular weight excluding hydrogens is 396 g/mol. The van der Waals surface area contributed by atoms with Gasteiger partial charge in [0.2, 0.25) is 0 Å². The van der Waals surface area contributed by atoms with Crippen LogP contribution in [0.4, 0.5) is 0 Å². The van der Waals surface area contributed by atoms with E-state index in [0.29, 0.717) is 6.42 Å². The van der Waals surface area contributed by atoms with E-state index >= 15 is 0 Å². The maximum Gasteiger partial charge on any atom is 0.328 e. The summed E-state index contributed by atoms with van der Waals surface area (Å²) >= 11 is 5.93. The molecule has 1 heterocycles. The highest BCUT2D eigenvalue weighted by molar-refractivity contribution is 7.91. The molecule has 0 unspecified atom stereocenters. The molecule has 1 aromatic rings. The van der Waals surface area contributed by atoms with E-state index < -0.39 is 46.3 Å². The number of esters is 1. The molecule has 0 bridgehead atoms. The van der Waals surface area contributed by atoms with Crippen molar-refractivity contribution in [3.05, 3.63) is 34.9 Å². The molecule has 27 heavy (non-hydrogen) atoms. The van der Waals surface area contributed by atoms with Crippen molar-refractivity contribution in [3.8, 4) is 0 Å². The molecule has 0 spiro atoms. The second kappa shape index (κ2) is 8.71. The van der Waals surface area contributed by atoms with Gasteiger partial charge in [-0.2, -0.15) is 0 Å². The molecule has 1 fully saturated rings. The molecule has 1 aromatic carbocycles. The smallest absolute Gasteiger partial charge is 0.328 e. The van der Waals surface area contributed by atoms with Crippen molar-refractivity contribution in [1.29, 1.82) is 0 Å². The summed E-state index contributed by atoms with van der Waals surface area (Å²) in [4.78, 5) is 37.5. The highest BCUT2D eigenvalue weighted by Crippen LogP contribution is 2.17. The van der Waals surface area contributed by atoms with Gasteiger partial charge in [0.15, 0.2) is 16.4 Å². The van der Waals surface area contributed by atoms with Gasteiger partial charge in [0.05, 0.1) is 22.1 Å². The van der Waals surface area contributed by atoms with E-state index in [1.165, 1.54) is 24.9 Å². The number of likely N-dealkylation sites (N-methyl/N-ethyl adjacent to an activating group) is 1. The van der Waals surface area contributed by atoms with Crippen LogP contribution in [-0.4, -0.2) is 68.3 Å².